The van der Waals surface area contributed by atoms with E-state index in [-0.39, 0.29) is 11.9 Å². The van der Waals surface area contributed by atoms with Gasteiger partial charge in [-0.3, -0.25) is 4.79 Å². The van der Waals surface area contributed by atoms with Gasteiger partial charge in [0, 0.05) is 5.56 Å². The molecule has 8 heteroatoms. The van der Waals surface area contributed by atoms with Crippen molar-refractivity contribution in [1.82, 2.24) is 15.0 Å². The van der Waals surface area contributed by atoms with Crippen molar-refractivity contribution in [3.63, 3.8) is 0 Å². The fourth-order valence-electron chi connectivity index (χ4n) is 2.08. The van der Waals surface area contributed by atoms with Crippen molar-refractivity contribution in [3.05, 3.63) is 66.2 Å². The van der Waals surface area contributed by atoms with Crippen molar-refractivity contribution >= 4 is 17.9 Å². The lowest BCUT2D eigenvalue weighted by atomic mass is 10.1. The number of nitrogens with zero attached hydrogens (tertiary/aromatic N) is 3. The lowest BCUT2D eigenvalue weighted by Crippen LogP contribution is -2.32. The first-order valence-electron chi connectivity index (χ1n) is 7.80. The summed E-state index contributed by atoms with van der Waals surface area (Å²) in [5, 5.41) is 8.52. The summed E-state index contributed by atoms with van der Waals surface area (Å²) >= 11 is 0. The third kappa shape index (κ3) is 5.84. The summed E-state index contributed by atoms with van der Waals surface area (Å²) in [6, 6.07) is 18.0. The number of carboxylic acid groups (broad SMARTS) is 1. The second-order valence-corrected chi connectivity index (χ2v) is 5.38. The van der Waals surface area contributed by atoms with Gasteiger partial charge < -0.3 is 22.3 Å². The Bertz CT molecular complexity index is 823. The van der Waals surface area contributed by atoms with E-state index in [9.17, 15) is 4.79 Å². The molecule has 7 N–H and O–H groups in total. The van der Waals surface area contributed by atoms with Gasteiger partial charge in [-0.15, -0.1) is 0 Å². The van der Waals surface area contributed by atoms with Crippen molar-refractivity contribution in [2.45, 2.75) is 12.5 Å². The molecule has 3 rings (SSSR count). The molecule has 0 aliphatic rings. The standard InChI is InChI=1S/C9H9N5.C9H11NO2/c10-8-12-7(13-9(11)14-8)6-4-2-1-3-5-6;10-8(9(11)12)6-7-4-2-1-3-5-7/h1-5H,(H4,10,11,12,13,14);1-5,8H,6,10H2,(H,11,12). The molecule has 0 saturated heterocycles. The average Bonchev–Trinajstić information content (AvgIpc) is 2.63. The summed E-state index contributed by atoms with van der Waals surface area (Å²) in [5.74, 6) is -0.192. The molecule has 1 unspecified atom stereocenters. The third-order valence-corrected chi connectivity index (χ3v) is 3.32. The van der Waals surface area contributed by atoms with Crippen LogP contribution in [-0.4, -0.2) is 32.1 Å². The molecule has 1 heterocycles. The van der Waals surface area contributed by atoms with Crippen LogP contribution in [0.5, 0.6) is 0 Å². The van der Waals surface area contributed by atoms with Crippen LogP contribution in [0.25, 0.3) is 11.4 Å². The zero-order valence-corrected chi connectivity index (χ0v) is 14.0. The number of carboxylic acids is 1. The molecule has 0 radical (unpaired) electrons. The molecule has 0 saturated carbocycles. The van der Waals surface area contributed by atoms with E-state index >= 15 is 0 Å². The highest BCUT2D eigenvalue weighted by atomic mass is 16.4. The Balaban J connectivity index is 0.000000190. The van der Waals surface area contributed by atoms with Gasteiger partial charge in [-0.2, -0.15) is 15.0 Å². The molecular formula is C18H20N6O2. The van der Waals surface area contributed by atoms with Gasteiger partial charge in [0.05, 0.1) is 0 Å². The molecule has 1 aromatic heterocycles. The van der Waals surface area contributed by atoms with E-state index in [0.29, 0.717) is 12.2 Å². The molecule has 0 bridgehead atoms. The van der Waals surface area contributed by atoms with Gasteiger partial charge in [-0.1, -0.05) is 60.7 Å². The minimum absolute atomic E-state index is 0.136. The number of hydrogen-bond donors (Lipinski definition) is 4. The summed E-state index contributed by atoms with van der Waals surface area (Å²) in [4.78, 5) is 22.0. The Morgan fingerprint density at radius 1 is 0.885 bits per heavy atom. The molecule has 134 valence electrons. The Hall–Kier alpha value is -3.52. The first kappa shape index (κ1) is 18.8. The molecule has 0 aliphatic carbocycles. The zero-order valence-electron chi connectivity index (χ0n) is 14.0. The van der Waals surface area contributed by atoms with Crippen LogP contribution in [0, 0.1) is 0 Å². The van der Waals surface area contributed by atoms with E-state index in [0.717, 1.165) is 11.1 Å². The van der Waals surface area contributed by atoms with Gasteiger partial charge in [0.15, 0.2) is 5.82 Å². The number of nitrogens with two attached hydrogens (primary N) is 3. The first-order valence-corrected chi connectivity index (χ1v) is 7.80. The SMILES string of the molecule is NC(Cc1ccccc1)C(=O)O.Nc1nc(N)nc(-c2ccccc2)n1. The molecule has 3 aromatic rings. The van der Waals surface area contributed by atoms with Crippen molar-refractivity contribution in [2.75, 3.05) is 11.5 Å². The largest absolute Gasteiger partial charge is 0.480 e. The lowest BCUT2D eigenvalue weighted by Gasteiger charge is -2.04. The number of anilines is 2. The van der Waals surface area contributed by atoms with E-state index in [1.807, 2.05) is 60.7 Å². The lowest BCUT2D eigenvalue weighted by molar-refractivity contribution is -0.138. The van der Waals surface area contributed by atoms with Gasteiger partial charge in [-0.25, -0.2) is 0 Å². The predicted molar refractivity (Wildman–Crippen MR) is 99.8 cm³/mol. The van der Waals surface area contributed by atoms with Crippen molar-refractivity contribution in [2.24, 2.45) is 5.73 Å². The van der Waals surface area contributed by atoms with Crippen LogP contribution in [0.1, 0.15) is 5.56 Å². The molecule has 26 heavy (non-hydrogen) atoms. The Kier molecular flexibility index (Phi) is 6.58. The number of aromatic nitrogens is 3. The summed E-state index contributed by atoms with van der Waals surface area (Å²) in [6.45, 7) is 0. The first-order chi connectivity index (χ1) is 12.5. The second kappa shape index (κ2) is 9.09. The number of rotatable bonds is 4. The highest BCUT2D eigenvalue weighted by Crippen LogP contribution is 2.14. The molecule has 8 nitrogen and oxygen atoms in total. The van der Waals surface area contributed by atoms with E-state index in [2.05, 4.69) is 15.0 Å². The highest BCUT2D eigenvalue weighted by molar-refractivity contribution is 5.73. The van der Waals surface area contributed by atoms with E-state index < -0.39 is 12.0 Å². The van der Waals surface area contributed by atoms with Crippen LogP contribution < -0.4 is 17.2 Å². The number of carbonyl (C=O) groups is 1. The fourth-order valence-corrected chi connectivity index (χ4v) is 2.08. The number of benzene rings is 2. The Morgan fingerprint density at radius 3 is 1.88 bits per heavy atom. The van der Waals surface area contributed by atoms with Gasteiger partial charge in [0.2, 0.25) is 11.9 Å². The molecule has 0 fully saturated rings. The summed E-state index contributed by atoms with van der Waals surface area (Å²) in [6.07, 6.45) is 0.385. The summed E-state index contributed by atoms with van der Waals surface area (Å²) < 4.78 is 0. The molecule has 0 spiro atoms. The molecule has 2 aromatic carbocycles. The maximum absolute atomic E-state index is 10.4. The number of hydrogen-bond acceptors (Lipinski definition) is 7. The summed E-state index contributed by atoms with van der Waals surface area (Å²) in [5.41, 5.74) is 18.1. The van der Waals surface area contributed by atoms with E-state index in [4.69, 9.17) is 22.3 Å². The van der Waals surface area contributed by atoms with Crippen LogP contribution in [0.3, 0.4) is 0 Å². The quantitative estimate of drug-likeness (QED) is 0.548. The molecule has 0 amide bonds. The van der Waals surface area contributed by atoms with E-state index in [1.54, 1.807) is 0 Å². The maximum atomic E-state index is 10.4. The molecule has 1 atom stereocenters. The van der Waals surface area contributed by atoms with Crippen molar-refractivity contribution in [1.29, 1.82) is 0 Å². The Morgan fingerprint density at radius 2 is 1.38 bits per heavy atom. The predicted octanol–water partition coefficient (Wildman–Crippen LogP) is 1.34. The zero-order chi connectivity index (χ0) is 18.9. The average molecular weight is 352 g/mol. The van der Waals surface area contributed by atoms with Crippen LogP contribution >= 0.6 is 0 Å². The van der Waals surface area contributed by atoms with Gasteiger partial charge >= 0.3 is 5.97 Å². The van der Waals surface area contributed by atoms with Crippen LogP contribution in [0.2, 0.25) is 0 Å². The Labute approximate surface area is 150 Å². The van der Waals surface area contributed by atoms with Gasteiger partial charge in [-0.05, 0) is 12.0 Å². The third-order valence-electron chi connectivity index (χ3n) is 3.32. The number of nitrogen functional groups attached to an aromatic ring is 2. The normalized spacial score (nSPS) is 11.1. The topological polar surface area (TPSA) is 154 Å². The minimum atomic E-state index is -0.959. The van der Waals surface area contributed by atoms with E-state index in [1.165, 1.54) is 0 Å². The van der Waals surface area contributed by atoms with Crippen LogP contribution in [0.4, 0.5) is 11.9 Å². The van der Waals surface area contributed by atoms with Gasteiger partial charge in [0.1, 0.15) is 6.04 Å². The van der Waals surface area contributed by atoms with Crippen LogP contribution in [-0.2, 0) is 11.2 Å². The van der Waals surface area contributed by atoms with Crippen molar-refractivity contribution in [3.8, 4) is 11.4 Å². The van der Waals surface area contributed by atoms with Crippen LogP contribution in [0.15, 0.2) is 60.7 Å². The molecule has 0 aliphatic heterocycles. The van der Waals surface area contributed by atoms with Crippen molar-refractivity contribution < 1.29 is 9.90 Å². The minimum Gasteiger partial charge on any atom is -0.480 e. The van der Waals surface area contributed by atoms with Gasteiger partial charge in [0.25, 0.3) is 0 Å². The fraction of sp³-hybridized carbons (Fsp3) is 0.111. The smallest absolute Gasteiger partial charge is 0.320 e. The maximum Gasteiger partial charge on any atom is 0.320 e. The summed E-state index contributed by atoms with van der Waals surface area (Å²) in [7, 11) is 0. The monoisotopic (exact) mass is 352 g/mol. The second-order valence-electron chi connectivity index (χ2n) is 5.38. The highest BCUT2D eigenvalue weighted by Gasteiger charge is 2.11. The number of aliphatic carboxylic acids is 1. The molecular weight excluding hydrogens is 332 g/mol.